The van der Waals surface area contributed by atoms with Crippen LogP contribution in [0.1, 0.15) is 37.5 Å². The van der Waals surface area contributed by atoms with E-state index in [1.54, 1.807) is 0 Å². The minimum Gasteiger partial charge on any atom is -0.507 e. The van der Waals surface area contributed by atoms with Crippen molar-refractivity contribution in [3.05, 3.63) is 28.8 Å². The van der Waals surface area contributed by atoms with Crippen molar-refractivity contribution in [2.24, 2.45) is 0 Å². The molecule has 78 valence electrons. The number of phenols is 1. The SMILES string of the molecule is Cc1cc(C(C)(C)C)cc(CS)c1O. The van der Waals surface area contributed by atoms with Crippen molar-refractivity contribution in [3.8, 4) is 5.75 Å². The molecule has 2 heteroatoms. The molecule has 0 aromatic heterocycles. The first-order valence-corrected chi connectivity index (χ1v) is 5.43. The van der Waals surface area contributed by atoms with Crippen LogP contribution >= 0.6 is 12.6 Å². The summed E-state index contributed by atoms with van der Waals surface area (Å²) in [6.07, 6.45) is 0. The highest BCUT2D eigenvalue weighted by Gasteiger charge is 2.16. The van der Waals surface area contributed by atoms with Crippen molar-refractivity contribution in [3.63, 3.8) is 0 Å². The lowest BCUT2D eigenvalue weighted by Crippen LogP contribution is -2.11. The summed E-state index contributed by atoms with van der Waals surface area (Å²) < 4.78 is 0. The lowest BCUT2D eigenvalue weighted by atomic mass is 9.85. The van der Waals surface area contributed by atoms with Gasteiger partial charge in [-0.1, -0.05) is 32.9 Å². The smallest absolute Gasteiger partial charge is 0.122 e. The zero-order valence-electron chi connectivity index (χ0n) is 9.26. The number of aromatic hydroxyl groups is 1. The average Bonchev–Trinajstić information content (AvgIpc) is 2.07. The van der Waals surface area contributed by atoms with E-state index in [2.05, 4.69) is 33.4 Å². The van der Waals surface area contributed by atoms with E-state index < -0.39 is 0 Å². The summed E-state index contributed by atoms with van der Waals surface area (Å²) in [6, 6.07) is 4.08. The van der Waals surface area contributed by atoms with Crippen LogP contribution < -0.4 is 0 Å². The predicted octanol–water partition coefficient (Wildman–Crippen LogP) is 3.43. The number of rotatable bonds is 1. The van der Waals surface area contributed by atoms with Gasteiger partial charge in [-0.15, -0.1) is 0 Å². The van der Waals surface area contributed by atoms with Crippen molar-refractivity contribution in [2.75, 3.05) is 0 Å². The lowest BCUT2D eigenvalue weighted by Gasteiger charge is -2.21. The number of benzene rings is 1. The quantitative estimate of drug-likeness (QED) is 0.680. The molecule has 0 saturated carbocycles. The molecule has 0 radical (unpaired) electrons. The largest absolute Gasteiger partial charge is 0.507 e. The molecule has 0 amide bonds. The van der Waals surface area contributed by atoms with Crippen LogP contribution in [0.4, 0.5) is 0 Å². The first-order chi connectivity index (χ1) is 6.36. The second-order valence-corrected chi connectivity index (χ2v) is 5.03. The van der Waals surface area contributed by atoms with Crippen LogP contribution in [-0.4, -0.2) is 5.11 Å². The summed E-state index contributed by atoms with van der Waals surface area (Å²) in [5, 5.41) is 9.74. The van der Waals surface area contributed by atoms with E-state index in [9.17, 15) is 5.11 Å². The Balaban J connectivity index is 3.30. The number of hydrogen-bond acceptors (Lipinski definition) is 2. The first-order valence-electron chi connectivity index (χ1n) is 4.80. The van der Waals surface area contributed by atoms with E-state index in [0.29, 0.717) is 11.5 Å². The molecule has 0 aliphatic rings. The highest BCUT2D eigenvalue weighted by atomic mass is 32.1. The van der Waals surface area contributed by atoms with E-state index >= 15 is 0 Å². The maximum atomic E-state index is 9.74. The molecule has 0 aliphatic heterocycles. The van der Waals surface area contributed by atoms with Crippen molar-refractivity contribution in [1.29, 1.82) is 0 Å². The molecular formula is C12H18OS. The molecule has 0 spiro atoms. The molecule has 1 nitrogen and oxygen atoms in total. The normalized spacial score (nSPS) is 11.8. The summed E-state index contributed by atoms with van der Waals surface area (Å²) in [5.41, 5.74) is 3.22. The second-order valence-electron chi connectivity index (χ2n) is 4.71. The Labute approximate surface area is 91.6 Å². The third-order valence-corrected chi connectivity index (χ3v) is 2.76. The topological polar surface area (TPSA) is 20.2 Å². The van der Waals surface area contributed by atoms with Gasteiger partial charge in [0.05, 0.1) is 0 Å². The Morgan fingerprint density at radius 1 is 1.29 bits per heavy atom. The lowest BCUT2D eigenvalue weighted by molar-refractivity contribution is 0.465. The summed E-state index contributed by atoms with van der Waals surface area (Å²) >= 11 is 4.21. The average molecular weight is 210 g/mol. The van der Waals surface area contributed by atoms with Gasteiger partial charge >= 0.3 is 0 Å². The van der Waals surface area contributed by atoms with E-state index in [1.165, 1.54) is 5.56 Å². The van der Waals surface area contributed by atoms with E-state index in [0.717, 1.165) is 11.1 Å². The fourth-order valence-corrected chi connectivity index (χ4v) is 1.65. The van der Waals surface area contributed by atoms with E-state index in [1.807, 2.05) is 19.1 Å². The van der Waals surface area contributed by atoms with Crippen LogP contribution in [0.2, 0.25) is 0 Å². The van der Waals surface area contributed by atoms with Crippen LogP contribution in [-0.2, 0) is 11.2 Å². The van der Waals surface area contributed by atoms with Gasteiger partial charge in [-0.3, -0.25) is 0 Å². The molecule has 1 N–H and O–H groups in total. The van der Waals surface area contributed by atoms with Gasteiger partial charge in [-0.25, -0.2) is 0 Å². The van der Waals surface area contributed by atoms with Crippen molar-refractivity contribution < 1.29 is 5.11 Å². The molecule has 0 fully saturated rings. The standard InChI is InChI=1S/C12H18OS/c1-8-5-10(12(2,3)4)6-9(7-14)11(8)13/h5-6,13-14H,7H2,1-4H3. The van der Waals surface area contributed by atoms with Crippen LogP contribution in [0, 0.1) is 6.92 Å². The Morgan fingerprint density at radius 2 is 1.86 bits per heavy atom. The molecule has 14 heavy (non-hydrogen) atoms. The molecule has 1 aromatic carbocycles. The van der Waals surface area contributed by atoms with Gasteiger partial charge in [0, 0.05) is 11.3 Å². The Kier molecular flexibility index (Phi) is 3.15. The van der Waals surface area contributed by atoms with Gasteiger partial charge in [-0.05, 0) is 23.5 Å². The summed E-state index contributed by atoms with van der Waals surface area (Å²) in [6.45, 7) is 8.43. The van der Waals surface area contributed by atoms with Gasteiger partial charge < -0.3 is 5.11 Å². The zero-order chi connectivity index (χ0) is 10.9. The van der Waals surface area contributed by atoms with Crippen LogP contribution in [0.15, 0.2) is 12.1 Å². The fraction of sp³-hybridized carbons (Fsp3) is 0.500. The molecule has 0 saturated heterocycles. The Bertz CT molecular complexity index is 337. The van der Waals surface area contributed by atoms with Crippen LogP contribution in [0.3, 0.4) is 0 Å². The molecule has 0 bridgehead atoms. The van der Waals surface area contributed by atoms with E-state index in [-0.39, 0.29) is 5.41 Å². The van der Waals surface area contributed by atoms with Gasteiger partial charge in [0.2, 0.25) is 0 Å². The van der Waals surface area contributed by atoms with Gasteiger partial charge in [-0.2, -0.15) is 12.6 Å². The Morgan fingerprint density at radius 3 is 2.29 bits per heavy atom. The maximum absolute atomic E-state index is 9.74. The minimum atomic E-state index is 0.121. The zero-order valence-corrected chi connectivity index (χ0v) is 10.2. The Hall–Kier alpha value is -0.630. The molecule has 0 heterocycles. The van der Waals surface area contributed by atoms with Gasteiger partial charge in [0.25, 0.3) is 0 Å². The fourth-order valence-electron chi connectivity index (χ4n) is 1.41. The molecular weight excluding hydrogens is 192 g/mol. The van der Waals surface area contributed by atoms with Crippen molar-refractivity contribution in [1.82, 2.24) is 0 Å². The first kappa shape index (κ1) is 11.4. The third kappa shape index (κ3) is 2.24. The molecule has 1 aromatic rings. The highest BCUT2D eigenvalue weighted by molar-refractivity contribution is 7.79. The molecule has 0 atom stereocenters. The second kappa shape index (κ2) is 3.85. The summed E-state index contributed by atoms with van der Waals surface area (Å²) in [4.78, 5) is 0. The molecule has 0 unspecified atom stereocenters. The van der Waals surface area contributed by atoms with Gasteiger partial charge in [0.1, 0.15) is 5.75 Å². The van der Waals surface area contributed by atoms with Crippen LogP contribution in [0.5, 0.6) is 5.75 Å². The minimum absolute atomic E-state index is 0.121. The molecule has 0 aliphatic carbocycles. The number of phenolic OH excluding ortho intramolecular Hbond substituents is 1. The van der Waals surface area contributed by atoms with Gasteiger partial charge in [0.15, 0.2) is 0 Å². The predicted molar refractivity (Wildman–Crippen MR) is 64.2 cm³/mol. The third-order valence-electron chi connectivity index (χ3n) is 2.42. The number of aryl methyl sites for hydroxylation is 1. The maximum Gasteiger partial charge on any atom is 0.122 e. The summed E-state index contributed by atoms with van der Waals surface area (Å²) in [7, 11) is 0. The summed E-state index contributed by atoms with van der Waals surface area (Å²) in [5.74, 6) is 0.962. The van der Waals surface area contributed by atoms with Crippen LogP contribution in [0.25, 0.3) is 0 Å². The van der Waals surface area contributed by atoms with Crippen molar-refractivity contribution in [2.45, 2.75) is 38.9 Å². The number of hydrogen-bond donors (Lipinski definition) is 2. The monoisotopic (exact) mass is 210 g/mol. The molecule has 1 rings (SSSR count). The van der Waals surface area contributed by atoms with E-state index in [4.69, 9.17) is 0 Å². The number of thiol groups is 1. The van der Waals surface area contributed by atoms with Crippen molar-refractivity contribution >= 4 is 12.6 Å². The highest BCUT2D eigenvalue weighted by Crippen LogP contribution is 2.31.